The van der Waals surface area contributed by atoms with Gasteiger partial charge in [-0.1, -0.05) is 26.7 Å². The number of hydrogen-bond donors (Lipinski definition) is 1. The highest BCUT2D eigenvalue weighted by atomic mass is 32.2. The summed E-state index contributed by atoms with van der Waals surface area (Å²) in [5, 5.41) is 8.35. The van der Waals surface area contributed by atoms with Gasteiger partial charge in [-0.2, -0.15) is 0 Å². The number of rotatable bonds is 11. The van der Waals surface area contributed by atoms with Gasteiger partial charge in [0.2, 0.25) is 26.9 Å². The molecular weight excluding hydrogens is 537 g/mol. The van der Waals surface area contributed by atoms with Crippen molar-refractivity contribution in [1.29, 1.82) is 0 Å². The average Bonchev–Trinajstić information content (AvgIpc) is 3.07. The number of aliphatic carboxylic acids is 1. The van der Waals surface area contributed by atoms with Crippen molar-refractivity contribution >= 4 is 45.8 Å². The molecule has 12 nitrogen and oxygen atoms in total. The fourth-order valence-corrected chi connectivity index (χ4v) is 5.81. The van der Waals surface area contributed by atoms with Crippen LogP contribution in [0.2, 0.25) is 0 Å². The van der Waals surface area contributed by atoms with E-state index in [-0.39, 0.29) is 13.2 Å². The highest BCUT2D eigenvalue weighted by Gasteiger charge is 2.64. The Bertz CT molecular complexity index is 892. The molecule has 1 amide bonds. The number of thioether (sulfide) groups is 1. The van der Waals surface area contributed by atoms with Gasteiger partial charge in [-0.05, 0) is 40.5 Å². The standard InChI is InChI=1S/C14H26O8S.C8H10FNO3S/c1-5-7-9-19-13(15)21-11(3)23(17,18)12(4)22-14(16)20-10-8-6-2;1-8(2)4(7(12)13)10-5(11)3(9)6(10)14-8/h11-12H,5-10H2,1-4H3;3-4,6H,1-2H3,(H,12,13)/t;3-,4+,6-/m.1/s1. The minimum atomic E-state index is -4.04. The second-order valence-corrected chi connectivity index (χ2v) is 13.1. The van der Waals surface area contributed by atoms with Crippen LogP contribution in [0.4, 0.5) is 14.0 Å². The molecule has 0 aliphatic carbocycles. The minimum Gasteiger partial charge on any atom is -0.480 e. The van der Waals surface area contributed by atoms with Crippen molar-refractivity contribution in [2.45, 2.75) is 100 Å². The van der Waals surface area contributed by atoms with Crippen LogP contribution >= 0.6 is 11.8 Å². The topological polar surface area (TPSA) is 163 Å². The maximum Gasteiger partial charge on any atom is 0.509 e. The first-order valence-corrected chi connectivity index (χ1v) is 14.4. The lowest BCUT2D eigenvalue weighted by atomic mass is 9.98. The smallest absolute Gasteiger partial charge is 0.480 e. The van der Waals surface area contributed by atoms with Crippen molar-refractivity contribution in [3.05, 3.63) is 0 Å². The molecule has 2 aliphatic rings. The SMILES string of the molecule is CC1(C)S[C@@H]2[C@H](F)C(=O)N2[C@H]1C(=O)O.CCCCOC(=O)OC(C)S(=O)(=O)C(C)OC(=O)OCCCC. The molecule has 0 bridgehead atoms. The van der Waals surface area contributed by atoms with E-state index in [1.165, 1.54) is 25.6 Å². The van der Waals surface area contributed by atoms with Gasteiger partial charge < -0.3 is 29.0 Å². The summed E-state index contributed by atoms with van der Waals surface area (Å²) < 4.78 is 55.4. The number of nitrogens with zero attached hydrogens (tertiary/aromatic N) is 1. The van der Waals surface area contributed by atoms with Crippen LogP contribution in [0.25, 0.3) is 0 Å². The van der Waals surface area contributed by atoms with Crippen molar-refractivity contribution in [3.8, 4) is 0 Å². The second-order valence-electron chi connectivity index (χ2n) is 8.86. The number of hydrogen-bond acceptors (Lipinski definition) is 11. The second kappa shape index (κ2) is 14.0. The number of unbranched alkanes of at least 4 members (excludes halogenated alkanes) is 2. The van der Waals surface area contributed by atoms with Crippen LogP contribution in [0.1, 0.15) is 67.2 Å². The molecule has 37 heavy (non-hydrogen) atoms. The van der Waals surface area contributed by atoms with Gasteiger partial charge in [0.15, 0.2) is 0 Å². The van der Waals surface area contributed by atoms with Gasteiger partial charge >= 0.3 is 18.3 Å². The van der Waals surface area contributed by atoms with E-state index in [1.54, 1.807) is 13.8 Å². The first-order valence-electron chi connectivity index (χ1n) is 11.9. The number of sulfone groups is 1. The molecular formula is C22H36FNO11S2. The van der Waals surface area contributed by atoms with E-state index in [0.29, 0.717) is 12.8 Å². The quantitative estimate of drug-likeness (QED) is 0.218. The predicted molar refractivity (Wildman–Crippen MR) is 131 cm³/mol. The summed E-state index contributed by atoms with van der Waals surface area (Å²) in [6.45, 7) is 9.90. The van der Waals surface area contributed by atoms with Crippen LogP contribution in [0.5, 0.6) is 0 Å². The summed E-state index contributed by atoms with van der Waals surface area (Å²) in [5.74, 6) is -1.76. The van der Waals surface area contributed by atoms with Crippen molar-refractivity contribution in [2.24, 2.45) is 0 Å². The van der Waals surface area contributed by atoms with Gasteiger partial charge in [0.25, 0.3) is 5.91 Å². The van der Waals surface area contributed by atoms with Gasteiger partial charge in [-0.15, -0.1) is 11.8 Å². The van der Waals surface area contributed by atoms with E-state index >= 15 is 0 Å². The van der Waals surface area contributed by atoms with Crippen molar-refractivity contribution < 1.29 is 56.0 Å². The maximum atomic E-state index is 13.0. The lowest BCUT2D eigenvalue weighted by molar-refractivity contribution is -0.164. The molecule has 5 atom stereocenters. The number of carbonyl (C=O) groups excluding carboxylic acids is 3. The Hall–Kier alpha value is -2.29. The molecule has 1 N–H and O–H groups in total. The van der Waals surface area contributed by atoms with Crippen LogP contribution in [0, 0.1) is 0 Å². The summed E-state index contributed by atoms with van der Waals surface area (Å²) in [4.78, 5) is 45.9. The zero-order valence-corrected chi connectivity index (χ0v) is 23.4. The minimum absolute atomic E-state index is 0.151. The Morgan fingerprint density at radius 2 is 1.46 bits per heavy atom. The third-order valence-corrected chi connectivity index (χ3v) is 9.08. The number of halogens is 1. The van der Waals surface area contributed by atoms with E-state index in [9.17, 15) is 32.0 Å². The Kier molecular flexibility index (Phi) is 12.4. The predicted octanol–water partition coefficient (Wildman–Crippen LogP) is 3.47. The van der Waals surface area contributed by atoms with E-state index in [2.05, 4.69) is 9.47 Å². The Morgan fingerprint density at radius 1 is 1.03 bits per heavy atom. The highest BCUT2D eigenvalue weighted by Crippen LogP contribution is 2.51. The number of carbonyl (C=O) groups is 4. The molecule has 214 valence electrons. The zero-order chi connectivity index (χ0) is 28.6. The van der Waals surface area contributed by atoms with Gasteiger partial charge in [-0.3, -0.25) is 4.79 Å². The highest BCUT2D eigenvalue weighted by molar-refractivity contribution is 8.01. The molecule has 0 radical (unpaired) electrons. The molecule has 2 aliphatic heterocycles. The van der Waals surface area contributed by atoms with Crippen LogP contribution in [-0.2, 0) is 38.4 Å². The summed E-state index contributed by atoms with van der Waals surface area (Å²) in [6, 6.07) is -0.906. The molecule has 0 aromatic carbocycles. The molecule has 0 spiro atoms. The van der Waals surface area contributed by atoms with Crippen molar-refractivity contribution in [3.63, 3.8) is 0 Å². The van der Waals surface area contributed by atoms with E-state index in [1.807, 2.05) is 13.8 Å². The van der Waals surface area contributed by atoms with Gasteiger partial charge in [0, 0.05) is 4.75 Å². The van der Waals surface area contributed by atoms with Crippen LogP contribution in [-0.4, -0.2) is 89.0 Å². The number of fused-ring (bicyclic) bond motifs is 1. The van der Waals surface area contributed by atoms with E-state index in [0.717, 1.165) is 17.7 Å². The number of ether oxygens (including phenoxy) is 4. The zero-order valence-electron chi connectivity index (χ0n) is 21.8. The maximum absolute atomic E-state index is 13.0. The van der Waals surface area contributed by atoms with Crippen molar-refractivity contribution in [1.82, 2.24) is 4.90 Å². The Morgan fingerprint density at radius 3 is 1.84 bits per heavy atom. The first kappa shape index (κ1) is 32.7. The van der Waals surface area contributed by atoms with Crippen LogP contribution in [0.3, 0.4) is 0 Å². The lowest BCUT2D eigenvalue weighted by Gasteiger charge is -2.39. The van der Waals surface area contributed by atoms with E-state index < -0.39 is 67.2 Å². The van der Waals surface area contributed by atoms with Gasteiger partial charge in [0.1, 0.15) is 11.4 Å². The number of alkyl halides is 1. The monoisotopic (exact) mass is 573 g/mol. The molecule has 2 unspecified atom stereocenters. The van der Waals surface area contributed by atoms with Gasteiger partial charge in [0.05, 0.1) is 13.2 Å². The molecule has 2 saturated heterocycles. The fraction of sp³-hybridized carbons (Fsp3) is 0.818. The number of amides is 1. The Balaban J connectivity index is 0.000000411. The molecule has 2 fully saturated rings. The molecule has 0 aromatic rings. The molecule has 2 heterocycles. The number of β-lactam (4-membered cyclic amide) rings is 1. The summed E-state index contributed by atoms with van der Waals surface area (Å²) >= 11 is 1.22. The van der Waals surface area contributed by atoms with Crippen molar-refractivity contribution in [2.75, 3.05) is 13.2 Å². The lowest BCUT2D eigenvalue weighted by Crippen LogP contribution is -2.63. The third-order valence-electron chi connectivity index (χ3n) is 5.50. The third kappa shape index (κ3) is 8.62. The summed E-state index contributed by atoms with van der Waals surface area (Å²) in [7, 11) is -4.04. The molecule has 0 saturated carbocycles. The van der Waals surface area contributed by atoms with Gasteiger partial charge in [-0.25, -0.2) is 27.2 Å². The molecule has 2 rings (SSSR count). The average molecular weight is 574 g/mol. The van der Waals surface area contributed by atoms with E-state index in [4.69, 9.17) is 14.6 Å². The number of carboxylic acids is 1. The summed E-state index contributed by atoms with van der Waals surface area (Å²) in [6.07, 6.45) is -0.722. The van der Waals surface area contributed by atoms with Crippen LogP contribution < -0.4 is 0 Å². The largest absolute Gasteiger partial charge is 0.509 e. The molecule has 0 aromatic heterocycles. The number of carboxylic acid groups (broad SMARTS) is 1. The summed E-state index contributed by atoms with van der Waals surface area (Å²) in [5.41, 5.74) is -3.01. The normalized spacial score (nSPS) is 23.4. The fourth-order valence-electron chi connectivity index (χ4n) is 3.31. The van der Waals surface area contributed by atoms with Crippen LogP contribution in [0.15, 0.2) is 0 Å². The first-order chi connectivity index (χ1) is 17.1. The molecule has 15 heteroatoms. The Labute approximate surface area is 220 Å².